The van der Waals surface area contributed by atoms with Crippen LogP contribution in [0, 0.1) is 0 Å². The molecule has 0 saturated carbocycles. The number of nitrogens with zero attached hydrogens (tertiary/aromatic N) is 1. The summed E-state index contributed by atoms with van der Waals surface area (Å²) in [5, 5.41) is 14.3. The molecule has 1 aromatic carbocycles. The molecule has 1 aliphatic rings. The van der Waals surface area contributed by atoms with Crippen LogP contribution in [0.4, 0.5) is 5.69 Å². The number of aliphatic hydroxyl groups is 1. The summed E-state index contributed by atoms with van der Waals surface area (Å²) >= 11 is 6.37. The van der Waals surface area contributed by atoms with Crippen LogP contribution in [0.25, 0.3) is 0 Å². The van der Waals surface area contributed by atoms with Gasteiger partial charge in [0.25, 0.3) is 0 Å². The minimum absolute atomic E-state index is 0.524. The van der Waals surface area contributed by atoms with E-state index in [1.807, 2.05) is 13.0 Å². The van der Waals surface area contributed by atoms with E-state index in [1.165, 1.54) is 0 Å². The van der Waals surface area contributed by atoms with Gasteiger partial charge in [0, 0.05) is 30.3 Å². The highest BCUT2D eigenvalue weighted by Crippen LogP contribution is 2.28. The fraction of sp³-hybridized carbons (Fsp3) is 0.625. The SMILES string of the molecule is CCNCc1ccc(N2CCCC(C)(O)CC2)cc1Cl. The molecule has 4 heteroatoms. The maximum Gasteiger partial charge on any atom is 0.0637 e. The van der Waals surface area contributed by atoms with Gasteiger partial charge in [-0.15, -0.1) is 0 Å². The lowest BCUT2D eigenvalue weighted by molar-refractivity contribution is 0.0481. The van der Waals surface area contributed by atoms with E-state index in [0.717, 1.165) is 61.7 Å². The maximum atomic E-state index is 10.2. The van der Waals surface area contributed by atoms with E-state index in [1.54, 1.807) is 0 Å². The highest BCUT2D eigenvalue weighted by Gasteiger charge is 2.25. The molecule has 0 spiro atoms. The molecule has 0 aliphatic carbocycles. The number of anilines is 1. The van der Waals surface area contributed by atoms with Crippen molar-refractivity contribution in [3.05, 3.63) is 28.8 Å². The fourth-order valence-electron chi connectivity index (χ4n) is 2.66. The summed E-state index contributed by atoms with van der Waals surface area (Å²) in [6.45, 7) is 7.65. The Bertz CT molecular complexity index is 448. The average Bonchev–Trinajstić information content (AvgIpc) is 2.58. The smallest absolute Gasteiger partial charge is 0.0637 e. The molecular formula is C16H25ClN2O. The number of nitrogens with one attached hydrogen (secondary N) is 1. The van der Waals surface area contributed by atoms with Crippen LogP contribution >= 0.6 is 11.6 Å². The van der Waals surface area contributed by atoms with Gasteiger partial charge in [-0.05, 0) is 50.4 Å². The van der Waals surface area contributed by atoms with Gasteiger partial charge in [0.15, 0.2) is 0 Å². The van der Waals surface area contributed by atoms with Crippen LogP contribution in [0.2, 0.25) is 5.02 Å². The summed E-state index contributed by atoms with van der Waals surface area (Å²) in [6.07, 6.45) is 2.70. The van der Waals surface area contributed by atoms with Gasteiger partial charge in [-0.2, -0.15) is 0 Å². The van der Waals surface area contributed by atoms with E-state index in [9.17, 15) is 5.11 Å². The monoisotopic (exact) mass is 296 g/mol. The molecule has 0 aromatic heterocycles. The number of halogens is 1. The van der Waals surface area contributed by atoms with E-state index >= 15 is 0 Å². The zero-order valence-electron chi connectivity index (χ0n) is 12.5. The lowest BCUT2D eigenvalue weighted by atomic mass is 9.98. The zero-order valence-corrected chi connectivity index (χ0v) is 13.2. The molecule has 1 atom stereocenters. The van der Waals surface area contributed by atoms with Gasteiger partial charge in [0.05, 0.1) is 5.60 Å². The fourth-order valence-corrected chi connectivity index (χ4v) is 2.90. The van der Waals surface area contributed by atoms with Crippen molar-refractivity contribution < 1.29 is 5.11 Å². The first kappa shape index (κ1) is 15.6. The van der Waals surface area contributed by atoms with Gasteiger partial charge in [0.2, 0.25) is 0 Å². The van der Waals surface area contributed by atoms with Crippen molar-refractivity contribution in [3.63, 3.8) is 0 Å². The Balaban J connectivity index is 2.07. The molecular weight excluding hydrogens is 272 g/mol. The molecule has 1 aliphatic heterocycles. The molecule has 2 rings (SSSR count). The Hall–Kier alpha value is -0.770. The predicted octanol–water partition coefficient (Wildman–Crippen LogP) is 3.19. The summed E-state index contributed by atoms with van der Waals surface area (Å²) in [7, 11) is 0. The molecule has 3 nitrogen and oxygen atoms in total. The van der Waals surface area contributed by atoms with Crippen LogP contribution in [-0.2, 0) is 6.54 Å². The van der Waals surface area contributed by atoms with Gasteiger partial charge in [-0.1, -0.05) is 24.6 Å². The van der Waals surface area contributed by atoms with Crippen molar-refractivity contribution in [3.8, 4) is 0 Å². The number of benzene rings is 1. The normalized spacial score (nSPS) is 23.7. The van der Waals surface area contributed by atoms with E-state index in [4.69, 9.17) is 11.6 Å². The van der Waals surface area contributed by atoms with Crippen LogP contribution in [-0.4, -0.2) is 30.3 Å². The Morgan fingerprint density at radius 1 is 1.35 bits per heavy atom. The van der Waals surface area contributed by atoms with E-state index < -0.39 is 5.60 Å². The van der Waals surface area contributed by atoms with Crippen molar-refractivity contribution in [2.75, 3.05) is 24.5 Å². The van der Waals surface area contributed by atoms with Crippen molar-refractivity contribution in [1.29, 1.82) is 0 Å². The van der Waals surface area contributed by atoms with Crippen LogP contribution in [0.3, 0.4) is 0 Å². The van der Waals surface area contributed by atoms with Crippen LogP contribution in [0.1, 0.15) is 38.7 Å². The molecule has 1 heterocycles. The summed E-state index contributed by atoms with van der Waals surface area (Å²) in [6, 6.07) is 6.29. The second-order valence-corrected chi connectivity index (χ2v) is 6.30. The van der Waals surface area contributed by atoms with Crippen molar-refractivity contribution in [2.24, 2.45) is 0 Å². The standard InChI is InChI=1S/C16H25ClN2O/c1-3-18-12-13-5-6-14(11-15(13)17)19-9-4-7-16(2,20)8-10-19/h5-6,11,18,20H,3-4,7-10,12H2,1-2H3. The minimum atomic E-state index is -0.524. The number of hydrogen-bond donors (Lipinski definition) is 2. The van der Waals surface area contributed by atoms with Crippen molar-refractivity contribution in [1.82, 2.24) is 5.32 Å². The second kappa shape index (κ2) is 6.79. The van der Waals surface area contributed by atoms with Gasteiger partial charge in [0.1, 0.15) is 0 Å². The molecule has 1 fully saturated rings. The predicted molar refractivity (Wildman–Crippen MR) is 85.5 cm³/mol. The first-order valence-corrected chi connectivity index (χ1v) is 7.86. The first-order chi connectivity index (χ1) is 9.52. The molecule has 0 bridgehead atoms. The summed E-state index contributed by atoms with van der Waals surface area (Å²) in [5.74, 6) is 0. The Labute approximate surface area is 126 Å². The Kier molecular flexibility index (Phi) is 5.30. The Morgan fingerprint density at radius 2 is 2.15 bits per heavy atom. The zero-order chi connectivity index (χ0) is 14.6. The molecule has 0 amide bonds. The minimum Gasteiger partial charge on any atom is -0.390 e. The topological polar surface area (TPSA) is 35.5 Å². The van der Waals surface area contributed by atoms with Crippen LogP contribution in [0.5, 0.6) is 0 Å². The van der Waals surface area contributed by atoms with Crippen molar-refractivity contribution >= 4 is 17.3 Å². The third-order valence-corrected chi connectivity index (χ3v) is 4.38. The van der Waals surface area contributed by atoms with E-state index in [2.05, 4.69) is 29.3 Å². The lowest BCUT2D eigenvalue weighted by Gasteiger charge is -2.25. The molecule has 0 radical (unpaired) electrons. The molecule has 20 heavy (non-hydrogen) atoms. The molecule has 1 saturated heterocycles. The van der Waals surface area contributed by atoms with Crippen LogP contribution in [0.15, 0.2) is 18.2 Å². The number of hydrogen-bond acceptors (Lipinski definition) is 3. The Morgan fingerprint density at radius 3 is 2.85 bits per heavy atom. The molecule has 1 aromatic rings. The molecule has 1 unspecified atom stereocenters. The summed E-state index contributed by atoms with van der Waals surface area (Å²) in [4.78, 5) is 2.32. The third kappa shape index (κ3) is 4.11. The van der Waals surface area contributed by atoms with E-state index in [-0.39, 0.29) is 0 Å². The number of rotatable bonds is 4. The molecule has 112 valence electrons. The lowest BCUT2D eigenvalue weighted by Crippen LogP contribution is -2.28. The van der Waals surface area contributed by atoms with Crippen LogP contribution < -0.4 is 10.2 Å². The van der Waals surface area contributed by atoms with Gasteiger partial charge < -0.3 is 15.3 Å². The largest absolute Gasteiger partial charge is 0.390 e. The van der Waals surface area contributed by atoms with Gasteiger partial charge >= 0.3 is 0 Å². The summed E-state index contributed by atoms with van der Waals surface area (Å²) in [5.41, 5.74) is 1.77. The maximum absolute atomic E-state index is 10.2. The highest BCUT2D eigenvalue weighted by atomic mass is 35.5. The van der Waals surface area contributed by atoms with E-state index in [0.29, 0.717) is 0 Å². The van der Waals surface area contributed by atoms with Gasteiger partial charge in [-0.3, -0.25) is 0 Å². The van der Waals surface area contributed by atoms with Crippen molar-refractivity contribution in [2.45, 2.75) is 45.3 Å². The molecule has 2 N–H and O–H groups in total. The summed E-state index contributed by atoms with van der Waals surface area (Å²) < 4.78 is 0. The quantitative estimate of drug-likeness (QED) is 0.896. The average molecular weight is 297 g/mol. The second-order valence-electron chi connectivity index (χ2n) is 5.89. The van der Waals surface area contributed by atoms with Gasteiger partial charge in [-0.25, -0.2) is 0 Å². The third-order valence-electron chi connectivity index (χ3n) is 4.03. The first-order valence-electron chi connectivity index (χ1n) is 7.48. The highest BCUT2D eigenvalue weighted by molar-refractivity contribution is 6.31.